The molecule has 0 atom stereocenters. The van der Waals surface area contributed by atoms with Crippen LogP contribution in [0.25, 0.3) is 21.9 Å². The van der Waals surface area contributed by atoms with Crippen molar-refractivity contribution in [2.75, 3.05) is 42.6 Å². The van der Waals surface area contributed by atoms with Gasteiger partial charge in [-0.1, -0.05) is 0 Å². The number of piperidine rings is 1. The molecule has 5 N–H and O–H groups in total. The minimum Gasteiger partial charge on any atom is -0.474 e. The Morgan fingerprint density at radius 1 is 1.19 bits per heavy atom. The first-order valence-electron chi connectivity index (χ1n) is 11.9. The molecule has 36 heavy (non-hydrogen) atoms. The third kappa shape index (κ3) is 4.43. The summed E-state index contributed by atoms with van der Waals surface area (Å²) in [6.45, 7) is 5.80. The molecule has 188 valence electrons. The number of hydrogen-bond donors (Lipinski definition) is 4. The van der Waals surface area contributed by atoms with E-state index < -0.39 is 5.82 Å². The van der Waals surface area contributed by atoms with Gasteiger partial charge in [0, 0.05) is 61.5 Å². The average molecular weight is 494 g/mol. The fourth-order valence-corrected chi connectivity index (χ4v) is 4.73. The summed E-state index contributed by atoms with van der Waals surface area (Å²) >= 11 is 0. The van der Waals surface area contributed by atoms with E-state index in [1.807, 2.05) is 6.92 Å². The molecule has 10 nitrogen and oxygen atoms in total. The molecule has 0 spiro atoms. The maximum absolute atomic E-state index is 15.3. The van der Waals surface area contributed by atoms with Crippen molar-refractivity contribution >= 4 is 39.9 Å². The van der Waals surface area contributed by atoms with Crippen LogP contribution in [0.5, 0.6) is 5.88 Å². The van der Waals surface area contributed by atoms with Gasteiger partial charge in [-0.05, 0) is 42.8 Å². The van der Waals surface area contributed by atoms with Gasteiger partial charge in [0.05, 0.1) is 5.69 Å². The monoisotopic (exact) mass is 493 g/mol. The van der Waals surface area contributed by atoms with Crippen molar-refractivity contribution in [1.29, 1.82) is 0 Å². The van der Waals surface area contributed by atoms with Gasteiger partial charge in [-0.25, -0.2) is 19.2 Å². The molecular weight excluding hydrogens is 465 g/mol. The highest BCUT2D eigenvalue weighted by molar-refractivity contribution is 6.00. The quantitative estimate of drug-likeness (QED) is 0.412. The Hall–Kier alpha value is -4.15. The number of aromatic nitrogens is 2. The van der Waals surface area contributed by atoms with Crippen LogP contribution in [-0.4, -0.2) is 59.1 Å². The van der Waals surface area contributed by atoms with E-state index in [1.165, 1.54) is 6.20 Å². The lowest BCUT2D eigenvalue weighted by Crippen LogP contribution is -2.47. The Morgan fingerprint density at radius 3 is 2.72 bits per heavy atom. The van der Waals surface area contributed by atoms with Gasteiger partial charge in [-0.2, -0.15) is 0 Å². The molecule has 11 heteroatoms. The van der Waals surface area contributed by atoms with Gasteiger partial charge in [0.25, 0.3) is 0 Å². The van der Waals surface area contributed by atoms with Crippen molar-refractivity contribution in [1.82, 2.24) is 20.2 Å². The van der Waals surface area contributed by atoms with Gasteiger partial charge in [0.1, 0.15) is 18.1 Å². The Labute approximate surface area is 207 Å². The number of nitrogen functional groups attached to an aromatic ring is 1. The normalized spacial score (nSPS) is 15.6. The summed E-state index contributed by atoms with van der Waals surface area (Å²) in [5.74, 6) is 0.291. The van der Waals surface area contributed by atoms with Gasteiger partial charge >= 0.3 is 6.03 Å². The number of carbonyl (C=O) groups is 2. The van der Waals surface area contributed by atoms with Crippen molar-refractivity contribution in [3.05, 3.63) is 35.9 Å². The number of amides is 3. The van der Waals surface area contributed by atoms with E-state index in [0.717, 1.165) is 11.3 Å². The number of urea groups is 1. The molecule has 0 aliphatic carbocycles. The third-order valence-electron chi connectivity index (χ3n) is 6.75. The molecule has 5 rings (SSSR count). The van der Waals surface area contributed by atoms with E-state index >= 15 is 4.39 Å². The van der Waals surface area contributed by atoms with E-state index in [1.54, 1.807) is 30.2 Å². The standard InChI is InChI=1S/C25H28FN7O3/c1-13-18(11-30-24-23(13)28-5-8-36-24)17-9-15-10-20(29-12-19(15)22(27)21(17)26)32-25(35)31-16-3-6-33(7-4-16)14(2)34/h9-12,16,28H,3-8,27H2,1-2H3,(H2,29,31,32,35). The van der Waals surface area contributed by atoms with Crippen molar-refractivity contribution in [3.63, 3.8) is 0 Å². The maximum atomic E-state index is 15.3. The minimum atomic E-state index is -0.554. The number of pyridine rings is 2. The summed E-state index contributed by atoms with van der Waals surface area (Å²) in [5.41, 5.74) is 8.57. The van der Waals surface area contributed by atoms with Crippen LogP contribution in [0.3, 0.4) is 0 Å². The fourth-order valence-electron chi connectivity index (χ4n) is 4.73. The van der Waals surface area contributed by atoms with Gasteiger partial charge in [0.2, 0.25) is 11.8 Å². The number of carbonyl (C=O) groups excluding carboxylic acids is 2. The Morgan fingerprint density at radius 2 is 1.97 bits per heavy atom. The molecular formula is C25H28FN7O3. The molecule has 1 aromatic carbocycles. The molecule has 4 heterocycles. The second-order valence-corrected chi connectivity index (χ2v) is 9.07. The van der Waals surface area contributed by atoms with Crippen LogP contribution in [0.1, 0.15) is 25.3 Å². The summed E-state index contributed by atoms with van der Waals surface area (Å²) in [6, 6.07) is 2.92. The first-order chi connectivity index (χ1) is 17.3. The first kappa shape index (κ1) is 23.6. The zero-order valence-corrected chi connectivity index (χ0v) is 20.2. The summed E-state index contributed by atoms with van der Waals surface area (Å²) in [5, 5.41) is 10.0. The fraction of sp³-hybridized carbons (Fsp3) is 0.360. The second-order valence-electron chi connectivity index (χ2n) is 9.07. The summed E-state index contributed by atoms with van der Waals surface area (Å²) in [7, 11) is 0. The predicted molar refractivity (Wildman–Crippen MR) is 135 cm³/mol. The highest BCUT2D eigenvalue weighted by atomic mass is 19.1. The van der Waals surface area contributed by atoms with Crippen molar-refractivity contribution in [2.24, 2.45) is 0 Å². The van der Waals surface area contributed by atoms with Crippen molar-refractivity contribution < 1.29 is 18.7 Å². The Kier molecular flexibility index (Phi) is 6.21. The second kappa shape index (κ2) is 9.48. The Bertz CT molecular complexity index is 1360. The topological polar surface area (TPSA) is 134 Å². The third-order valence-corrected chi connectivity index (χ3v) is 6.75. The maximum Gasteiger partial charge on any atom is 0.320 e. The number of benzene rings is 1. The highest BCUT2D eigenvalue weighted by Crippen LogP contribution is 2.39. The molecule has 0 bridgehead atoms. The Balaban J connectivity index is 1.38. The number of ether oxygens (including phenoxy) is 1. The highest BCUT2D eigenvalue weighted by Gasteiger charge is 2.23. The molecule has 0 radical (unpaired) electrons. The summed E-state index contributed by atoms with van der Waals surface area (Å²) < 4.78 is 20.9. The van der Waals surface area contributed by atoms with Crippen molar-refractivity contribution in [3.8, 4) is 17.0 Å². The molecule has 3 amide bonds. The van der Waals surface area contributed by atoms with Crippen LogP contribution in [0.4, 0.5) is 26.4 Å². The van der Waals surface area contributed by atoms with Gasteiger partial charge in [-0.3, -0.25) is 10.1 Å². The van der Waals surface area contributed by atoms with Crippen molar-refractivity contribution in [2.45, 2.75) is 32.7 Å². The van der Waals surface area contributed by atoms with Gasteiger partial charge in [-0.15, -0.1) is 0 Å². The average Bonchev–Trinajstić information content (AvgIpc) is 2.87. The number of hydrogen-bond acceptors (Lipinski definition) is 7. The molecule has 2 aliphatic heterocycles. The number of likely N-dealkylation sites (tertiary alicyclic amines) is 1. The molecule has 2 aliphatic rings. The van der Waals surface area contributed by atoms with Crippen LogP contribution in [0.2, 0.25) is 0 Å². The lowest BCUT2D eigenvalue weighted by Gasteiger charge is -2.31. The molecule has 1 saturated heterocycles. The molecule has 1 fully saturated rings. The van der Waals surface area contributed by atoms with Crippen LogP contribution >= 0.6 is 0 Å². The van der Waals surface area contributed by atoms with E-state index in [9.17, 15) is 9.59 Å². The number of rotatable bonds is 3. The van der Waals surface area contributed by atoms with Crippen LogP contribution < -0.4 is 26.4 Å². The number of nitrogens with one attached hydrogen (secondary N) is 3. The van der Waals surface area contributed by atoms with Crippen LogP contribution in [0.15, 0.2) is 24.5 Å². The molecule has 2 aromatic heterocycles. The summed E-state index contributed by atoms with van der Waals surface area (Å²) in [4.78, 5) is 34.4. The number of anilines is 3. The first-order valence-corrected chi connectivity index (χ1v) is 11.9. The molecule has 0 saturated carbocycles. The predicted octanol–water partition coefficient (Wildman–Crippen LogP) is 3.26. The van der Waals surface area contributed by atoms with E-state index in [-0.39, 0.29) is 23.7 Å². The molecule has 3 aromatic rings. The van der Waals surface area contributed by atoms with Crippen LogP contribution in [-0.2, 0) is 4.79 Å². The number of nitrogens with two attached hydrogens (primary N) is 1. The van der Waals surface area contributed by atoms with Crippen LogP contribution in [0, 0.1) is 12.7 Å². The number of halogens is 1. The van der Waals surface area contributed by atoms with E-state index in [0.29, 0.717) is 72.7 Å². The SMILES string of the molecule is CC(=O)N1CCC(NC(=O)Nc2cc3cc(-c4cnc5c(c4C)NCCO5)c(F)c(N)c3cn2)CC1. The summed E-state index contributed by atoms with van der Waals surface area (Å²) in [6.07, 6.45) is 4.40. The number of fused-ring (bicyclic) bond motifs is 2. The number of nitrogens with zero attached hydrogens (tertiary/aromatic N) is 3. The van der Waals surface area contributed by atoms with E-state index in [4.69, 9.17) is 10.5 Å². The largest absolute Gasteiger partial charge is 0.474 e. The minimum absolute atomic E-state index is 0.0236. The smallest absolute Gasteiger partial charge is 0.320 e. The van der Waals surface area contributed by atoms with Gasteiger partial charge in [0.15, 0.2) is 5.82 Å². The lowest BCUT2D eigenvalue weighted by atomic mass is 9.97. The van der Waals surface area contributed by atoms with Gasteiger partial charge < -0.3 is 26.0 Å². The zero-order chi connectivity index (χ0) is 25.4. The molecule has 0 unspecified atom stereocenters. The zero-order valence-electron chi connectivity index (χ0n) is 20.2. The van der Waals surface area contributed by atoms with E-state index in [2.05, 4.69) is 25.9 Å². The lowest BCUT2D eigenvalue weighted by molar-refractivity contribution is -0.129.